The fraction of sp³-hybridized carbons (Fsp3) is 0.0238. The molecular weight excluding hydrogens is 772 g/mol. The standard InChI is InChI=1S/C42H28N4O.Pt/c1-3-12-30(13-4-1)31-24-25-43-42(26-31)46-38-19-8-7-18-36(38)37-23-22-35(28-41(37)46)47-34-17-11-16-33(27-34)45-29-44(32-14-5-2-6-15-32)39-20-9-10-21-40(39)45;/h1-26H,29H2;/q-2;+2. The van der Waals surface area contributed by atoms with E-state index >= 15 is 0 Å². The van der Waals surface area contributed by atoms with Gasteiger partial charge in [-0.05, 0) is 59.0 Å². The molecule has 0 spiro atoms. The van der Waals surface area contributed by atoms with Crippen LogP contribution in [0.15, 0.2) is 158 Å². The second kappa shape index (κ2) is 12.5. The number of hydrogen-bond acceptors (Lipinski definition) is 4. The van der Waals surface area contributed by atoms with Crippen molar-refractivity contribution >= 4 is 44.6 Å². The van der Waals surface area contributed by atoms with Gasteiger partial charge in [0.1, 0.15) is 5.82 Å². The largest absolute Gasteiger partial charge is 2.00 e. The molecule has 2 aromatic heterocycles. The van der Waals surface area contributed by atoms with Crippen LogP contribution in [-0.2, 0) is 21.1 Å². The molecule has 6 heteroatoms. The first-order valence-corrected chi connectivity index (χ1v) is 15.7. The van der Waals surface area contributed by atoms with Gasteiger partial charge in [0.05, 0.1) is 18.0 Å². The average molecular weight is 800 g/mol. The molecule has 0 unspecified atom stereocenters. The SMILES string of the molecule is [Pt+2].[c-]1c(Oc2[c-]c3c(cc2)c2ccccc2n3-c2cc(-c3ccccc3)ccn2)cccc1N1CN(c2ccccc2)c2ccccc21. The summed E-state index contributed by atoms with van der Waals surface area (Å²) in [7, 11) is 0. The van der Waals surface area contributed by atoms with Gasteiger partial charge >= 0.3 is 21.1 Å². The van der Waals surface area contributed by atoms with Gasteiger partial charge in [-0.3, -0.25) is 0 Å². The molecule has 5 nitrogen and oxygen atoms in total. The van der Waals surface area contributed by atoms with Crippen molar-refractivity contribution in [3.8, 4) is 28.4 Å². The second-order valence-electron chi connectivity index (χ2n) is 11.5. The predicted octanol–water partition coefficient (Wildman–Crippen LogP) is 10.5. The Morgan fingerprint density at radius 2 is 1.27 bits per heavy atom. The number of rotatable bonds is 6. The van der Waals surface area contributed by atoms with Crippen LogP contribution in [0.3, 0.4) is 0 Å². The number of benzene rings is 6. The summed E-state index contributed by atoms with van der Waals surface area (Å²) in [5.74, 6) is 2.07. The average Bonchev–Trinajstić information content (AvgIpc) is 3.69. The fourth-order valence-corrected chi connectivity index (χ4v) is 6.54. The van der Waals surface area contributed by atoms with Crippen LogP contribution in [0, 0.1) is 12.1 Å². The maximum absolute atomic E-state index is 6.48. The third kappa shape index (κ3) is 5.23. The van der Waals surface area contributed by atoms with E-state index in [1.807, 2.05) is 42.6 Å². The molecule has 0 bridgehead atoms. The topological polar surface area (TPSA) is 33.5 Å². The first-order valence-electron chi connectivity index (χ1n) is 15.7. The molecule has 0 radical (unpaired) electrons. The van der Waals surface area contributed by atoms with Crippen LogP contribution in [0.1, 0.15) is 0 Å². The van der Waals surface area contributed by atoms with E-state index in [2.05, 4.69) is 142 Å². The number of pyridine rings is 1. The van der Waals surface area contributed by atoms with Crippen LogP contribution in [0.2, 0.25) is 0 Å². The van der Waals surface area contributed by atoms with Gasteiger partial charge < -0.3 is 19.1 Å². The summed E-state index contributed by atoms with van der Waals surface area (Å²) in [4.78, 5) is 9.40. The van der Waals surface area contributed by atoms with Crippen molar-refractivity contribution in [2.24, 2.45) is 0 Å². The normalized spacial score (nSPS) is 12.2. The number of para-hydroxylation sites is 4. The van der Waals surface area contributed by atoms with E-state index in [4.69, 9.17) is 9.72 Å². The third-order valence-corrected chi connectivity index (χ3v) is 8.72. The molecule has 8 aromatic rings. The predicted molar refractivity (Wildman–Crippen MR) is 190 cm³/mol. The third-order valence-electron chi connectivity index (χ3n) is 8.72. The summed E-state index contributed by atoms with van der Waals surface area (Å²) < 4.78 is 8.65. The van der Waals surface area contributed by atoms with E-state index in [9.17, 15) is 0 Å². The molecule has 9 rings (SSSR count). The molecule has 0 atom stereocenters. The molecule has 48 heavy (non-hydrogen) atoms. The summed E-state index contributed by atoms with van der Waals surface area (Å²) in [5.41, 5.74) is 8.61. The first kappa shape index (κ1) is 29.7. The molecule has 1 aliphatic heterocycles. The van der Waals surface area contributed by atoms with Crippen LogP contribution < -0.4 is 14.5 Å². The van der Waals surface area contributed by atoms with Crippen LogP contribution in [-0.4, -0.2) is 16.2 Å². The van der Waals surface area contributed by atoms with Crippen molar-refractivity contribution in [1.82, 2.24) is 9.55 Å². The number of hydrogen-bond donors (Lipinski definition) is 0. The van der Waals surface area contributed by atoms with Gasteiger partial charge in [-0.15, -0.1) is 35.7 Å². The minimum Gasteiger partial charge on any atom is -0.509 e. The molecule has 232 valence electrons. The summed E-state index contributed by atoms with van der Waals surface area (Å²) in [6.07, 6.45) is 1.87. The molecule has 0 aliphatic carbocycles. The van der Waals surface area contributed by atoms with Gasteiger partial charge in [-0.2, -0.15) is 12.1 Å². The molecule has 1 aliphatic rings. The minimum absolute atomic E-state index is 0. The van der Waals surface area contributed by atoms with E-state index in [0.717, 1.165) is 61.5 Å². The summed E-state index contributed by atoms with van der Waals surface area (Å²) in [5, 5.41) is 2.23. The van der Waals surface area contributed by atoms with Crippen LogP contribution in [0.25, 0.3) is 38.8 Å². The number of anilines is 4. The molecule has 0 saturated heterocycles. The zero-order valence-corrected chi connectivity index (χ0v) is 28.0. The van der Waals surface area contributed by atoms with Crippen LogP contribution in [0.5, 0.6) is 11.5 Å². The van der Waals surface area contributed by atoms with E-state index in [1.54, 1.807) is 0 Å². The van der Waals surface area contributed by atoms with Crippen molar-refractivity contribution < 1.29 is 25.8 Å². The molecule has 0 fully saturated rings. The van der Waals surface area contributed by atoms with E-state index in [0.29, 0.717) is 18.2 Å². The number of ether oxygens (including phenoxy) is 1. The maximum Gasteiger partial charge on any atom is 2.00 e. The Balaban J connectivity index is 0.00000336. The van der Waals surface area contributed by atoms with Gasteiger partial charge in [-0.1, -0.05) is 90.1 Å². The second-order valence-corrected chi connectivity index (χ2v) is 11.5. The Bertz CT molecular complexity index is 2390. The number of nitrogens with zero attached hydrogens (tertiary/aromatic N) is 4. The molecule has 6 aromatic carbocycles. The van der Waals surface area contributed by atoms with Gasteiger partial charge in [0, 0.05) is 28.9 Å². The van der Waals surface area contributed by atoms with Crippen molar-refractivity contribution in [1.29, 1.82) is 0 Å². The Labute approximate surface area is 293 Å². The molecule has 3 heterocycles. The van der Waals surface area contributed by atoms with Crippen LogP contribution >= 0.6 is 0 Å². The monoisotopic (exact) mass is 799 g/mol. The maximum atomic E-state index is 6.48. The van der Waals surface area contributed by atoms with Gasteiger partial charge in [0.25, 0.3) is 0 Å². The summed E-state index contributed by atoms with van der Waals surface area (Å²) in [6.45, 7) is 0.677. The smallest absolute Gasteiger partial charge is 0.509 e. The van der Waals surface area contributed by atoms with Gasteiger partial charge in [-0.25, -0.2) is 4.98 Å². The Hall–Kier alpha value is -5.64. The fourth-order valence-electron chi connectivity index (χ4n) is 6.54. The number of aromatic nitrogens is 2. The summed E-state index contributed by atoms with van der Waals surface area (Å²) >= 11 is 0. The number of fused-ring (bicyclic) bond motifs is 4. The van der Waals surface area contributed by atoms with Gasteiger partial charge in [0.15, 0.2) is 0 Å². The molecule has 0 N–H and O–H groups in total. The Morgan fingerprint density at radius 3 is 2.10 bits per heavy atom. The first-order chi connectivity index (χ1) is 23.3. The van der Waals surface area contributed by atoms with Gasteiger partial charge in [0.2, 0.25) is 0 Å². The van der Waals surface area contributed by atoms with Crippen molar-refractivity contribution in [2.75, 3.05) is 16.5 Å². The van der Waals surface area contributed by atoms with E-state index < -0.39 is 0 Å². The van der Waals surface area contributed by atoms with E-state index in [1.165, 1.54) is 0 Å². The van der Waals surface area contributed by atoms with Crippen molar-refractivity contribution in [3.05, 3.63) is 170 Å². The summed E-state index contributed by atoms with van der Waals surface area (Å²) in [6, 6.07) is 59.2. The van der Waals surface area contributed by atoms with E-state index in [-0.39, 0.29) is 21.1 Å². The molecular formula is C42H28N4OPt. The molecule has 0 saturated carbocycles. The minimum atomic E-state index is 0. The van der Waals surface area contributed by atoms with Crippen molar-refractivity contribution in [2.45, 2.75) is 0 Å². The van der Waals surface area contributed by atoms with Crippen molar-refractivity contribution in [3.63, 3.8) is 0 Å². The zero-order chi connectivity index (χ0) is 31.2. The Kier molecular flexibility index (Phi) is 7.76. The Morgan fingerprint density at radius 1 is 0.562 bits per heavy atom. The zero-order valence-electron chi connectivity index (χ0n) is 25.7. The quantitative estimate of drug-likeness (QED) is 0.157. The molecule has 0 amide bonds. The van der Waals surface area contributed by atoms with Crippen LogP contribution in [0.4, 0.5) is 22.7 Å².